The molecule has 2 heterocycles. The van der Waals surface area contributed by atoms with Crippen molar-refractivity contribution in [2.75, 3.05) is 0 Å². The number of aromatic amines is 2. The van der Waals surface area contributed by atoms with E-state index < -0.39 is 17.9 Å². The van der Waals surface area contributed by atoms with Gasteiger partial charge in [0.1, 0.15) is 5.82 Å². The van der Waals surface area contributed by atoms with Crippen molar-refractivity contribution in [3.05, 3.63) is 28.6 Å². The lowest BCUT2D eigenvalue weighted by Gasteiger charge is -2.01. The van der Waals surface area contributed by atoms with E-state index in [0.717, 1.165) is 5.69 Å². The molecule has 0 atom stereocenters. The number of halogens is 3. The van der Waals surface area contributed by atoms with E-state index in [1.165, 1.54) is 0 Å². The molecule has 2 aromatic heterocycles. The number of carbonyl (C=O) groups is 1. The molecule has 0 aromatic carbocycles. The summed E-state index contributed by atoms with van der Waals surface area (Å²) in [6.45, 7) is 3.46. The summed E-state index contributed by atoms with van der Waals surface area (Å²) in [5.74, 6) is -1.84. The Hall–Kier alpha value is -2.39. The first-order valence-electron chi connectivity index (χ1n) is 6.13. The number of H-pyrrole nitrogens is 2. The van der Waals surface area contributed by atoms with Gasteiger partial charge in [-0.3, -0.25) is 15.0 Å². The van der Waals surface area contributed by atoms with Crippen molar-refractivity contribution < 1.29 is 18.0 Å². The molecule has 114 valence electrons. The molecule has 7 nitrogen and oxygen atoms in total. The van der Waals surface area contributed by atoms with Gasteiger partial charge >= 0.3 is 6.18 Å². The Kier molecular flexibility index (Phi) is 3.96. The Labute approximate surface area is 117 Å². The second kappa shape index (κ2) is 5.54. The van der Waals surface area contributed by atoms with Crippen molar-refractivity contribution in [3.63, 3.8) is 0 Å². The van der Waals surface area contributed by atoms with E-state index in [1.54, 1.807) is 6.92 Å². The molecular weight excluding hydrogens is 289 g/mol. The molecular formula is C11H13F3N6O. The van der Waals surface area contributed by atoms with Crippen LogP contribution in [0.1, 0.15) is 40.3 Å². The molecule has 0 saturated heterocycles. The summed E-state index contributed by atoms with van der Waals surface area (Å²) in [6.07, 6.45) is -3.92. The van der Waals surface area contributed by atoms with Crippen LogP contribution >= 0.6 is 0 Å². The molecule has 0 aliphatic carbocycles. The van der Waals surface area contributed by atoms with Gasteiger partial charge in [-0.1, -0.05) is 6.92 Å². The lowest BCUT2D eigenvalue weighted by molar-refractivity contribution is -0.144. The molecule has 0 fully saturated rings. The van der Waals surface area contributed by atoms with E-state index in [4.69, 9.17) is 0 Å². The number of hydrogen-bond acceptors (Lipinski definition) is 4. The third kappa shape index (κ3) is 3.20. The van der Waals surface area contributed by atoms with Crippen LogP contribution in [0.25, 0.3) is 0 Å². The number of rotatable bonds is 4. The van der Waals surface area contributed by atoms with Crippen LogP contribution in [0.15, 0.2) is 0 Å². The maximum atomic E-state index is 12.3. The Balaban J connectivity index is 2.01. The summed E-state index contributed by atoms with van der Waals surface area (Å²) in [5, 5.41) is 14.2. The number of hydrogen-bond donors (Lipinski definition) is 3. The van der Waals surface area contributed by atoms with Gasteiger partial charge in [0, 0.05) is 11.3 Å². The Morgan fingerprint density at radius 1 is 1.29 bits per heavy atom. The highest BCUT2D eigenvalue weighted by Crippen LogP contribution is 2.25. The zero-order valence-corrected chi connectivity index (χ0v) is 11.3. The minimum Gasteiger partial charge on any atom is -0.343 e. The molecule has 0 spiro atoms. The fourth-order valence-corrected chi connectivity index (χ4v) is 1.75. The molecule has 0 aliphatic heterocycles. The zero-order chi connectivity index (χ0) is 15.6. The van der Waals surface area contributed by atoms with E-state index in [2.05, 4.69) is 30.7 Å². The standard InChI is InChI=1S/C11H13F3N6O/c1-3-6-5(2)8(19-17-6)9(21)15-4-7-16-10(20-18-7)11(12,13)14/h3-4H2,1-2H3,(H,15,21)(H,17,19)(H,16,18,20). The summed E-state index contributed by atoms with van der Waals surface area (Å²) in [4.78, 5) is 15.2. The van der Waals surface area contributed by atoms with E-state index in [-0.39, 0.29) is 18.1 Å². The molecule has 0 bridgehead atoms. The minimum atomic E-state index is -4.62. The van der Waals surface area contributed by atoms with Crippen LogP contribution < -0.4 is 5.32 Å². The fourth-order valence-electron chi connectivity index (χ4n) is 1.75. The van der Waals surface area contributed by atoms with Crippen molar-refractivity contribution in [1.82, 2.24) is 30.7 Å². The maximum absolute atomic E-state index is 12.3. The first kappa shape index (κ1) is 15.0. The summed E-state index contributed by atoms with van der Waals surface area (Å²) in [6, 6.07) is 0. The second-order valence-corrected chi connectivity index (χ2v) is 4.32. The normalized spacial score (nSPS) is 11.7. The zero-order valence-electron chi connectivity index (χ0n) is 11.3. The largest absolute Gasteiger partial charge is 0.453 e. The summed E-state index contributed by atoms with van der Waals surface area (Å²) in [5.41, 5.74) is 1.75. The van der Waals surface area contributed by atoms with Crippen LogP contribution in [0.2, 0.25) is 0 Å². The summed E-state index contributed by atoms with van der Waals surface area (Å²) >= 11 is 0. The van der Waals surface area contributed by atoms with Crippen LogP contribution in [0.5, 0.6) is 0 Å². The van der Waals surface area contributed by atoms with E-state index >= 15 is 0 Å². The first-order valence-corrected chi connectivity index (χ1v) is 6.13. The summed E-state index contributed by atoms with van der Waals surface area (Å²) in [7, 11) is 0. The Morgan fingerprint density at radius 2 is 2.00 bits per heavy atom. The van der Waals surface area contributed by atoms with Gasteiger partial charge in [0.15, 0.2) is 5.69 Å². The predicted octanol–water partition coefficient (Wildman–Crippen LogP) is 1.35. The van der Waals surface area contributed by atoms with Gasteiger partial charge in [-0.15, -0.1) is 5.10 Å². The van der Waals surface area contributed by atoms with Crippen LogP contribution in [0.3, 0.4) is 0 Å². The SMILES string of the molecule is CCc1[nH]nc(C(=O)NCc2nc(C(F)(F)F)n[nH]2)c1C. The molecule has 2 aromatic rings. The quantitative estimate of drug-likeness (QED) is 0.793. The number of aryl methyl sites for hydroxylation is 1. The number of nitrogens with one attached hydrogen (secondary N) is 3. The van der Waals surface area contributed by atoms with Gasteiger partial charge in [-0.05, 0) is 13.3 Å². The van der Waals surface area contributed by atoms with Crippen LogP contribution in [-0.4, -0.2) is 31.3 Å². The highest BCUT2D eigenvalue weighted by Gasteiger charge is 2.36. The van der Waals surface area contributed by atoms with E-state index in [9.17, 15) is 18.0 Å². The maximum Gasteiger partial charge on any atom is 0.453 e. The minimum absolute atomic E-state index is 0.0837. The third-order valence-corrected chi connectivity index (χ3v) is 2.88. The van der Waals surface area contributed by atoms with Crippen molar-refractivity contribution in [3.8, 4) is 0 Å². The van der Waals surface area contributed by atoms with Crippen molar-refractivity contribution in [2.24, 2.45) is 0 Å². The van der Waals surface area contributed by atoms with Gasteiger partial charge in [-0.2, -0.15) is 18.3 Å². The van der Waals surface area contributed by atoms with Crippen LogP contribution in [0.4, 0.5) is 13.2 Å². The van der Waals surface area contributed by atoms with Crippen LogP contribution in [-0.2, 0) is 19.1 Å². The van der Waals surface area contributed by atoms with Gasteiger partial charge in [0.05, 0.1) is 6.54 Å². The van der Waals surface area contributed by atoms with Crippen molar-refractivity contribution >= 4 is 5.91 Å². The number of aromatic nitrogens is 5. The average Bonchev–Trinajstić information content (AvgIpc) is 3.02. The first-order chi connectivity index (χ1) is 9.82. The molecule has 2 rings (SSSR count). The number of carbonyl (C=O) groups excluding carboxylic acids is 1. The van der Waals surface area contributed by atoms with Gasteiger partial charge < -0.3 is 5.32 Å². The molecule has 3 N–H and O–H groups in total. The van der Waals surface area contributed by atoms with Crippen molar-refractivity contribution in [1.29, 1.82) is 0 Å². The van der Waals surface area contributed by atoms with Crippen molar-refractivity contribution in [2.45, 2.75) is 33.0 Å². The monoisotopic (exact) mass is 302 g/mol. The summed E-state index contributed by atoms with van der Waals surface area (Å²) < 4.78 is 36.9. The topological polar surface area (TPSA) is 99.3 Å². The smallest absolute Gasteiger partial charge is 0.343 e. The van der Waals surface area contributed by atoms with Crippen LogP contribution in [0, 0.1) is 6.92 Å². The predicted molar refractivity (Wildman–Crippen MR) is 65.3 cm³/mol. The molecule has 0 radical (unpaired) electrons. The number of amides is 1. The highest BCUT2D eigenvalue weighted by atomic mass is 19.4. The fraction of sp³-hybridized carbons (Fsp3) is 0.455. The lowest BCUT2D eigenvalue weighted by Crippen LogP contribution is -2.24. The van der Waals surface area contributed by atoms with Gasteiger partial charge in [0.2, 0.25) is 0 Å². The molecule has 0 unspecified atom stereocenters. The van der Waals surface area contributed by atoms with E-state index in [0.29, 0.717) is 12.0 Å². The van der Waals surface area contributed by atoms with E-state index in [1.807, 2.05) is 6.92 Å². The molecule has 0 saturated carbocycles. The average molecular weight is 302 g/mol. The number of nitrogens with zero attached hydrogens (tertiary/aromatic N) is 3. The third-order valence-electron chi connectivity index (χ3n) is 2.88. The van der Waals surface area contributed by atoms with Gasteiger partial charge in [0.25, 0.3) is 11.7 Å². The highest BCUT2D eigenvalue weighted by molar-refractivity contribution is 5.93. The molecule has 10 heteroatoms. The second-order valence-electron chi connectivity index (χ2n) is 4.32. The Bertz CT molecular complexity index is 645. The molecule has 21 heavy (non-hydrogen) atoms. The molecule has 1 amide bonds. The lowest BCUT2D eigenvalue weighted by atomic mass is 10.1. The van der Waals surface area contributed by atoms with Gasteiger partial charge in [-0.25, -0.2) is 4.98 Å². The molecule has 0 aliphatic rings. The number of alkyl halides is 3. The Morgan fingerprint density at radius 3 is 2.52 bits per heavy atom.